The van der Waals surface area contributed by atoms with E-state index in [1.165, 1.54) is 12.8 Å². The molecule has 1 aliphatic rings. The maximum absolute atomic E-state index is 11.6. The van der Waals surface area contributed by atoms with E-state index in [0.29, 0.717) is 6.42 Å². The number of ether oxygens (including phenoxy) is 1. The summed E-state index contributed by atoms with van der Waals surface area (Å²) in [4.78, 5) is 11.6. The normalized spacial score (nSPS) is 28.6. The van der Waals surface area contributed by atoms with E-state index in [-0.39, 0.29) is 12.1 Å². The van der Waals surface area contributed by atoms with Crippen LogP contribution in [0, 0.1) is 0 Å². The van der Waals surface area contributed by atoms with Crippen LogP contribution in [0.15, 0.2) is 36.5 Å². The minimum atomic E-state index is -0.0306. The average molecular weight is 276 g/mol. The lowest BCUT2D eigenvalue weighted by Gasteiger charge is -2.12. The predicted octanol–water partition coefficient (Wildman–Crippen LogP) is 5.11. The Morgan fingerprint density at radius 2 is 1.55 bits per heavy atom. The zero-order valence-electron chi connectivity index (χ0n) is 12.7. The third kappa shape index (κ3) is 9.60. The number of rotatable bonds is 0. The molecule has 1 aliphatic heterocycles. The number of allylic oxidation sites excluding steroid dienone is 6. The van der Waals surface area contributed by atoms with Crippen LogP contribution in [-0.2, 0) is 9.53 Å². The third-order valence-electron chi connectivity index (χ3n) is 3.42. The maximum atomic E-state index is 11.6. The highest BCUT2D eigenvalue weighted by Gasteiger charge is 2.08. The van der Waals surface area contributed by atoms with Crippen LogP contribution in [0.3, 0.4) is 0 Å². The van der Waals surface area contributed by atoms with E-state index >= 15 is 0 Å². The molecular weight excluding hydrogens is 248 g/mol. The fraction of sp³-hybridized carbons (Fsp3) is 0.611. The number of cyclic esters (lactones) is 1. The van der Waals surface area contributed by atoms with Gasteiger partial charge in [0.2, 0.25) is 0 Å². The Hall–Kier alpha value is -1.31. The van der Waals surface area contributed by atoms with E-state index in [4.69, 9.17) is 4.74 Å². The lowest BCUT2D eigenvalue weighted by molar-refractivity contribution is -0.148. The highest BCUT2D eigenvalue weighted by atomic mass is 16.5. The summed E-state index contributed by atoms with van der Waals surface area (Å²) < 4.78 is 5.41. The van der Waals surface area contributed by atoms with Crippen molar-refractivity contribution < 1.29 is 9.53 Å². The van der Waals surface area contributed by atoms with E-state index in [9.17, 15) is 4.79 Å². The van der Waals surface area contributed by atoms with Crippen molar-refractivity contribution in [2.45, 2.75) is 70.8 Å². The average Bonchev–Trinajstić information content (AvgIpc) is 2.42. The SMILES string of the molecule is CC1CCC\C=C/C=C/C=C/CCCCCCC(=O)O1. The van der Waals surface area contributed by atoms with Gasteiger partial charge in [-0.3, -0.25) is 4.79 Å². The number of carbonyl (C=O) groups is 1. The summed E-state index contributed by atoms with van der Waals surface area (Å²) in [6.45, 7) is 1.99. The summed E-state index contributed by atoms with van der Waals surface area (Å²) in [6, 6.07) is 0. The molecule has 0 aliphatic carbocycles. The largest absolute Gasteiger partial charge is 0.463 e. The molecular formula is C18H28O2. The first-order valence-corrected chi connectivity index (χ1v) is 7.97. The van der Waals surface area contributed by atoms with Crippen molar-refractivity contribution in [3.63, 3.8) is 0 Å². The van der Waals surface area contributed by atoms with Crippen LogP contribution in [0.5, 0.6) is 0 Å². The van der Waals surface area contributed by atoms with Gasteiger partial charge in [0.05, 0.1) is 6.10 Å². The summed E-state index contributed by atoms with van der Waals surface area (Å²) in [5.41, 5.74) is 0. The fourth-order valence-electron chi connectivity index (χ4n) is 2.23. The van der Waals surface area contributed by atoms with Gasteiger partial charge in [0.15, 0.2) is 0 Å². The van der Waals surface area contributed by atoms with Crippen molar-refractivity contribution in [1.82, 2.24) is 0 Å². The Morgan fingerprint density at radius 3 is 2.30 bits per heavy atom. The van der Waals surface area contributed by atoms with Crippen molar-refractivity contribution in [3.8, 4) is 0 Å². The molecule has 112 valence electrons. The van der Waals surface area contributed by atoms with Crippen molar-refractivity contribution in [1.29, 1.82) is 0 Å². The molecule has 0 saturated carbocycles. The standard InChI is InChI=1S/C18H28O2/c1-17-15-13-11-9-7-5-3-2-4-6-8-10-12-14-16-18(19)20-17/h2-5,7,9,17H,6,8,10-16H2,1H3/b4-2+,5-3+,9-7-. The molecule has 0 N–H and O–H groups in total. The summed E-state index contributed by atoms with van der Waals surface area (Å²) >= 11 is 0. The van der Waals surface area contributed by atoms with E-state index in [0.717, 1.165) is 38.5 Å². The van der Waals surface area contributed by atoms with Crippen molar-refractivity contribution in [2.75, 3.05) is 0 Å². The van der Waals surface area contributed by atoms with Crippen LogP contribution in [0.4, 0.5) is 0 Å². The second-order valence-electron chi connectivity index (χ2n) is 5.43. The van der Waals surface area contributed by atoms with E-state index in [1.54, 1.807) is 0 Å². The molecule has 1 rings (SSSR count). The topological polar surface area (TPSA) is 26.3 Å². The number of esters is 1. The van der Waals surface area contributed by atoms with E-state index < -0.39 is 0 Å². The van der Waals surface area contributed by atoms with Crippen LogP contribution in [0.2, 0.25) is 0 Å². The number of hydrogen-bond acceptors (Lipinski definition) is 2. The van der Waals surface area contributed by atoms with Gasteiger partial charge in [-0.1, -0.05) is 49.3 Å². The van der Waals surface area contributed by atoms with Gasteiger partial charge in [-0.25, -0.2) is 0 Å². The van der Waals surface area contributed by atoms with Crippen molar-refractivity contribution in [2.24, 2.45) is 0 Å². The van der Waals surface area contributed by atoms with Gasteiger partial charge in [0.1, 0.15) is 0 Å². The van der Waals surface area contributed by atoms with Crippen LogP contribution in [0.25, 0.3) is 0 Å². The molecule has 2 nitrogen and oxygen atoms in total. The molecule has 1 atom stereocenters. The maximum Gasteiger partial charge on any atom is 0.306 e. The number of carbonyl (C=O) groups excluding carboxylic acids is 1. The van der Waals surface area contributed by atoms with E-state index in [1.807, 2.05) is 6.92 Å². The zero-order chi connectivity index (χ0) is 14.5. The summed E-state index contributed by atoms with van der Waals surface area (Å²) in [5.74, 6) is -0.0306. The van der Waals surface area contributed by atoms with Crippen molar-refractivity contribution in [3.05, 3.63) is 36.5 Å². The molecule has 0 spiro atoms. The molecule has 2 heteroatoms. The minimum absolute atomic E-state index is 0.0306. The second-order valence-corrected chi connectivity index (χ2v) is 5.43. The van der Waals surface area contributed by atoms with Crippen LogP contribution in [0.1, 0.15) is 64.7 Å². The lowest BCUT2D eigenvalue weighted by atomic mass is 10.1. The highest BCUT2D eigenvalue weighted by Crippen LogP contribution is 2.10. The molecule has 0 aromatic rings. The molecule has 0 aromatic heterocycles. The zero-order valence-corrected chi connectivity index (χ0v) is 12.7. The first-order valence-electron chi connectivity index (χ1n) is 7.97. The van der Waals surface area contributed by atoms with Crippen molar-refractivity contribution >= 4 is 5.97 Å². The van der Waals surface area contributed by atoms with Gasteiger partial charge in [-0.2, -0.15) is 0 Å². The minimum Gasteiger partial charge on any atom is -0.463 e. The van der Waals surface area contributed by atoms with Gasteiger partial charge in [-0.05, 0) is 45.4 Å². The lowest BCUT2D eigenvalue weighted by Crippen LogP contribution is -2.14. The van der Waals surface area contributed by atoms with Gasteiger partial charge in [0, 0.05) is 6.42 Å². The quantitative estimate of drug-likeness (QED) is 0.575. The first kappa shape index (κ1) is 16.7. The van der Waals surface area contributed by atoms with Gasteiger partial charge < -0.3 is 4.74 Å². The molecule has 0 saturated heterocycles. The molecule has 0 aromatic carbocycles. The number of hydrogen-bond donors (Lipinski definition) is 0. The summed E-state index contributed by atoms with van der Waals surface area (Å²) in [5, 5.41) is 0. The van der Waals surface area contributed by atoms with Crippen LogP contribution >= 0.6 is 0 Å². The molecule has 0 amide bonds. The summed E-state index contributed by atoms with van der Waals surface area (Å²) in [6.07, 6.45) is 22.0. The van der Waals surface area contributed by atoms with Crippen LogP contribution in [-0.4, -0.2) is 12.1 Å². The Kier molecular flexibility index (Phi) is 9.64. The Bertz CT molecular complexity index is 339. The molecule has 20 heavy (non-hydrogen) atoms. The molecule has 0 bridgehead atoms. The highest BCUT2D eigenvalue weighted by molar-refractivity contribution is 5.69. The molecule has 0 fully saturated rings. The third-order valence-corrected chi connectivity index (χ3v) is 3.42. The van der Waals surface area contributed by atoms with Crippen LogP contribution < -0.4 is 0 Å². The van der Waals surface area contributed by atoms with Gasteiger partial charge in [0.25, 0.3) is 0 Å². The van der Waals surface area contributed by atoms with Gasteiger partial charge in [-0.15, -0.1) is 0 Å². The fourth-order valence-corrected chi connectivity index (χ4v) is 2.23. The Morgan fingerprint density at radius 1 is 0.900 bits per heavy atom. The second kappa shape index (κ2) is 11.5. The smallest absolute Gasteiger partial charge is 0.306 e. The Balaban J connectivity index is 2.38. The monoisotopic (exact) mass is 276 g/mol. The molecule has 1 heterocycles. The first-order chi connectivity index (χ1) is 9.79. The van der Waals surface area contributed by atoms with Gasteiger partial charge >= 0.3 is 5.97 Å². The molecule has 0 radical (unpaired) electrons. The van der Waals surface area contributed by atoms with E-state index in [2.05, 4.69) is 36.5 Å². The Labute approximate surface area is 123 Å². The summed E-state index contributed by atoms with van der Waals surface area (Å²) in [7, 11) is 0. The predicted molar refractivity (Wildman–Crippen MR) is 84.5 cm³/mol. The molecule has 1 unspecified atom stereocenters.